The Kier molecular flexibility index (Phi) is 3.86. The van der Waals surface area contributed by atoms with Gasteiger partial charge in [-0.15, -0.1) is 0 Å². The van der Waals surface area contributed by atoms with Gasteiger partial charge in [0, 0.05) is 22.7 Å². The molecule has 2 N–H and O–H groups in total. The normalized spacial score (nSPS) is 18.5. The summed E-state index contributed by atoms with van der Waals surface area (Å²) in [5.74, 6) is 0.130. The average molecular weight is 274 g/mol. The standard InChI is InChI=1S/C13H17Cl2NO/c1-13(4-2-3-5-13)16-8-9-6-10(14)7-11(15)12(9)17/h6-7,16-17H,2-5,8H2,1H3. The Bertz CT molecular complexity index is 414. The highest BCUT2D eigenvalue weighted by Gasteiger charge is 2.27. The molecule has 0 aliphatic heterocycles. The SMILES string of the molecule is CC1(NCc2cc(Cl)cc(Cl)c2O)CCCC1. The fourth-order valence-electron chi connectivity index (χ4n) is 2.39. The molecule has 4 heteroatoms. The summed E-state index contributed by atoms with van der Waals surface area (Å²) in [5.41, 5.74) is 0.942. The molecule has 0 bridgehead atoms. The van der Waals surface area contributed by atoms with Crippen LogP contribution in [0.1, 0.15) is 38.2 Å². The molecule has 1 aliphatic rings. The summed E-state index contributed by atoms with van der Waals surface area (Å²) in [4.78, 5) is 0. The van der Waals surface area contributed by atoms with Gasteiger partial charge in [-0.05, 0) is 31.9 Å². The van der Waals surface area contributed by atoms with E-state index in [1.54, 1.807) is 12.1 Å². The molecule has 1 saturated carbocycles. The Morgan fingerprint density at radius 1 is 1.29 bits per heavy atom. The lowest BCUT2D eigenvalue weighted by molar-refractivity contribution is 0.358. The van der Waals surface area contributed by atoms with E-state index in [1.807, 2.05) is 0 Å². The van der Waals surface area contributed by atoms with Crippen molar-refractivity contribution in [3.8, 4) is 5.75 Å². The van der Waals surface area contributed by atoms with Crippen LogP contribution in [0.25, 0.3) is 0 Å². The van der Waals surface area contributed by atoms with Gasteiger partial charge < -0.3 is 10.4 Å². The van der Waals surface area contributed by atoms with E-state index in [9.17, 15) is 5.11 Å². The van der Waals surface area contributed by atoms with Gasteiger partial charge in [0.25, 0.3) is 0 Å². The van der Waals surface area contributed by atoms with Crippen LogP contribution in [-0.2, 0) is 6.54 Å². The van der Waals surface area contributed by atoms with Gasteiger partial charge in [0.15, 0.2) is 0 Å². The molecule has 1 aromatic carbocycles. The lowest BCUT2D eigenvalue weighted by Crippen LogP contribution is -2.38. The summed E-state index contributed by atoms with van der Waals surface area (Å²) in [6.45, 7) is 2.83. The number of nitrogens with one attached hydrogen (secondary N) is 1. The van der Waals surface area contributed by atoms with Gasteiger partial charge in [-0.25, -0.2) is 0 Å². The quantitative estimate of drug-likeness (QED) is 0.868. The fraction of sp³-hybridized carbons (Fsp3) is 0.538. The third-order valence-electron chi connectivity index (χ3n) is 3.52. The van der Waals surface area contributed by atoms with Gasteiger partial charge in [-0.3, -0.25) is 0 Å². The molecule has 0 atom stereocenters. The van der Waals surface area contributed by atoms with Crippen LogP contribution in [0.15, 0.2) is 12.1 Å². The van der Waals surface area contributed by atoms with Crippen molar-refractivity contribution in [1.29, 1.82) is 0 Å². The van der Waals surface area contributed by atoms with Gasteiger partial charge in [0.2, 0.25) is 0 Å². The molecular formula is C13H17Cl2NO. The van der Waals surface area contributed by atoms with Gasteiger partial charge in [0.05, 0.1) is 5.02 Å². The van der Waals surface area contributed by atoms with E-state index in [0.29, 0.717) is 16.6 Å². The molecule has 1 aliphatic carbocycles. The highest BCUT2D eigenvalue weighted by molar-refractivity contribution is 6.35. The van der Waals surface area contributed by atoms with Crippen molar-refractivity contribution in [3.63, 3.8) is 0 Å². The molecule has 0 aromatic heterocycles. The maximum Gasteiger partial charge on any atom is 0.138 e. The van der Waals surface area contributed by atoms with Gasteiger partial charge in [-0.2, -0.15) is 0 Å². The lowest BCUT2D eigenvalue weighted by Gasteiger charge is -2.25. The van der Waals surface area contributed by atoms with Crippen LogP contribution >= 0.6 is 23.2 Å². The first kappa shape index (κ1) is 13.0. The fourth-order valence-corrected chi connectivity index (χ4v) is 2.93. The van der Waals surface area contributed by atoms with E-state index in [1.165, 1.54) is 25.7 Å². The monoisotopic (exact) mass is 273 g/mol. The molecule has 0 amide bonds. The second kappa shape index (κ2) is 5.05. The van der Waals surface area contributed by atoms with Crippen LogP contribution in [-0.4, -0.2) is 10.6 Å². The largest absolute Gasteiger partial charge is 0.506 e. The van der Waals surface area contributed by atoms with Crippen LogP contribution in [0.5, 0.6) is 5.75 Å². The molecule has 94 valence electrons. The maximum atomic E-state index is 9.85. The van der Waals surface area contributed by atoms with Crippen molar-refractivity contribution in [2.24, 2.45) is 0 Å². The maximum absolute atomic E-state index is 9.85. The molecular weight excluding hydrogens is 257 g/mol. The Morgan fingerprint density at radius 2 is 1.94 bits per heavy atom. The van der Waals surface area contributed by atoms with Crippen molar-refractivity contribution < 1.29 is 5.11 Å². The molecule has 2 nitrogen and oxygen atoms in total. The molecule has 0 unspecified atom stereocenters. The Hall–Kier alpha value is -0.440. The number of halogens is 2. The van der Waals surface area contributed by atoms with E-state index in [4.69, 9.17) is 23.2 Å². The number of aromatic hydroxyl groups is 1. The number of benzene rings is 1. The smallest absolute Gasteiger partial charge is 0.138 e. The van der Waals surface area contributed by atoms with Gasteiger partial charge in [-0.1, -0.05) is 36.0 Å². The number of phenols is 1. The molecule has 1 aromatic rings. The van der Waals surface area contributed by atoms with Crippen LogP contribution in [0.3, 0.4) is 0 Å². The predicted octanol–water partition coefficient (Wildman–Crippen LogP) is 4.12. The molecule has 2 rings (SSSR count). The van der Waals surface area contributed by atoms with Crippen molar-refractivity contribution in [2.45, 2.75) is 44.7 Å². The first-order chi connectivity index (χ1) is 8.00. The second-order valence-corrected chi connectivity index (χ2v) is 5.86. The van der Waals surface area contributed by atoms with E-state index in [0.717, 1.165) is 5.56 Å². The van der Waals surface area contributed by atoms with Crippen molar-refractivity contribution in [3.05, 3.63) is 27.7 Å². The highest BCUT2D eigenvalue weighted by Crippen LogP contribution is 2.33. The summed E-state index contributed by atoms with van der Waals surface area (Å²) in [6.07, 6.45) is 4.90. The highest BCUT2D eigenvalue weighted by atomic mass is 35.5. The van der Waals surface area contributed by atoms with Crippen LogP contribution in [0, 0.1) is 0 Å². The summed E-state index contributed by atoms with van der Waals surface area (Å²) in [7, 11) is 0. The third-order valence-corrected chi connectivity index (χ3v) is 4.03. The molecule has 0 radical (unpaired) electrons. The zero-order valence-corrected chi connectivity index (χ0v) is 11.4. The average Bonchev–Trinajstić information content (AvgIpc) is 2.69. The van der Waals surface area contributed by atoms with Crippen LogP contribution in [0.4, 0.5) is 0 Å². The summed E-state index contributed by atoms with van der Waals surface area (Å²) in [6, 6.07) is 3.31. The lowest BCUT2D eigenvalue weighted by atomic mass is 10.0. The minimum atomic E-state index is 0.130. The minimum absolute atomic E-state index is 0.130. The van der Waals surface area contributed by atoms with Crippen molar-refractivity contribution in [2.75, 3.05) is 0 Å². The zero-order valence-electron chi connectivity index (χ0n) is 9.89. The second-order valence-electron chi connectivity index (χ2n) is 5.02. The van der Waals surface area contributed by atoms with Crippen molar-refractivity contribution in [1.82, 2.24) is 5.32 Å². The Morgan fingerprint density at radius 3 is 2.59 bits per heavy atom. The summed E-state index contributed by atoms with van der Waals surface area (Å²) < 4.78 is 0. The van der Waals surface area contributed by atoms with Gasteiger partial charge >= 0.3 is 0 Å². The Balaban J connectivity index is 2.08. The van der Waals surface area contributed by atoms with E-state index in [2.05, 4.69) is 12.2 Å². The zero-order chi connectivity index (χ0) is 12.5. The third kappa shape index (κ3) is 3.06. The van der Waals surface area contributed by atoms with E-state index in [-0.39, 0.29) is 11.3 Å². The van der Waals surface area contributed by atoms with Crippen molar-refractivity contribution >= 4 is 23.2 Å². The molecule has 0 spiro atoms. The molecule has 1 fully saturated rings. The molecule has 0 saturated heterocycles. The van der Waals surface area contributed by atoms with Crippen LogP contribution < -0.4 is 5.32 Å². The first-order valence-corrected chi connectivity index (χ1v) is 6.68. The predicted molar refractivity (Wildman–Crippen MR) is 71.8 cm³/mol. The van der Waals surface area contributed by atoms with E-state index >= 15 is 0 Å². The minimum Gasteiger partial charge on any atom is -0.506 e. The Labute approximate surface area is 112 Å². The topological polar surface area (TPSA) is 32.3 Å². The first-order valence-electron chi connectivity index (χ1n) is 5.92. The number of hydrogen-bond acceptors (Lipinski definition) is 2. The number of hydrogen-bond donors (Lipinski definition) is 2. The number of rotatable bonds is 3. The number of phenolic OH excluding ortho intramolecular Hbond substituents is 1. The van der Waals surface area contributed by atoms with Gasteiger partial charge in [0.1, 0.15) is 5.75 Å². The van der Waals surface area contributed by atoms with Crippen LogP contribution in [0.2, 0.25) is 10.0 Å². The molecule has 0 heterocycles. The molecule has 17 heavy (non-hydrogen) atoms. The summed E-state index contributed by atoms with van der Waals surface area (Å²) >= 11 is 11.8. The summed E-state index contributed by atoms with van der Waals surface area (Å²) in [5, 5.41) is 14.2. The van der Waals surface area contributed by atoms with E-state index < -0.39 is 0 Å².